The molecule has 1 aromatic carbocycles. The normalized spacial score (nSPS) is 13.1. The van der Waals surface area contributed by atoms with Crippen LogP contribution in [0.5, 0.6) is 6.01 Å². The minimum atomic E-state index is -3.80. The van der Waals surface area contributed by atoms with Gasteiger partial charge < -0.3 is 15.2 Å². The van der Waals surface area contributed by atoms with E-state index in [2.05, 4.69) is 19.4 Å². The predicted octanol–water partition coefficient (Wildman–Crippen LogP) is 1.67. The molecule has 1 aliphatic heterocycles. The van der Waals surface area contributed by atoms with Gasteiger partial charge >= 0.3 is 12.0 Å². The van der Waals surface area contributed by atoms with E-state index in [1.807, 2.05) is 6.92 Å². The number of carbonyl (C=O) groups excluding carboxylic acids is 2. The van der Waals surface area contributed by atoms with Crippen LogP contribution in [-0.2, 0) is 26.0 Å². The predicted molar refractivity (Wildman–Crippen MR) is 125 cm³/mol. The Morgan fingerprint density at radius 2 is 2.03 bits per heavy atom. The van der Waals surface area contributed by atoms with Crippen molar-refractivity contribution in [2.24, 2.45) is 0 Å². The van der Waals surface area contributed by atoms with Crippen molar-refractivity contribution in [1.29, 1.82) is 0 Å². The van der Waals surface area contributed by atoms with Gasteiger partial charge in [0, 0.05) is 18.7 Å². The van der Waals surface area contributed by atoms with E-state index < -0.39 is 16.0 Å². The topological polar surface area (TPSA) is 154 Å². The molecular formula is C22H29N5O6S. The summed E-state index contributed by atoms with van der Waals surface area (Å²) in [7, 11) is -2.57. The van der Waals surface area contributed by atoms with E-state index in [4.69, 9.17) is 10.5 Å². The first-order valence-corrected chi connectivity index (χ1v) is 12.5. The van der Waals surface area contributed by atoms with Gasteiger partial charge in [-0.2, -0.15) is 9.97 Å². The van der Waals surface area contributed by atoms with E-state index in [1.54, 1.807) is 0 Å². The number of nitrogens with one attached hydrogen (secondary N) is 1. The molecule has 0 saturated carbocycles. The molecule has 1 aliphatic rings. The zero-order valence-corrected chi connectivity index (χ0v) is 20.1. The quantitative estimate of drug-likeness (QED) is 0.333. The van der Waals surface area contributed by atoms with Crippen LogP contribution in [0.2, 0.25) is 0 Å². The number of fused-ring (bicyclic) bond motifs is 1. The number of rotatable bonds is 12. The van der Waals surface area contributed by atoms with E-state index in [1.165, 1.54) is 36.3 Å². The van der Waals surface area contributed by atoms with Crippen LogP contribution in [0.4, 0.5) is 11.6 Å². The SMILES string of the molecule is CCCCOc1nc(N)c2c(n1)N(CCCCNS(=O)(=O)c1cccc(C(=O)OC)c1)C(=O)C2. The van der Waals surface area contributed by atoms with Crippen LogP contribution in [0.15, 0.2) is 29.2 Å². The zero-order chi connectivity index (χ0) is 24.7. The first-order valence-electron chi connectivity index (χ1n) is 11.0. The number of nitrogens with zero attached hydrogens (tertiary/aromatic N) is 3. The lowest BCUT2D eigenvalue weighted by atomic mass is 10.2. The second-order valence-electron chi connectivity index (χ2n) is 7.74. The summed E-state index contributed by atoms with van der Waals surface area (Å²) in [5, 5.41) is 0. The van der Waals surface area contributed by atoms with Crippen LogP contribution in [-0.4, -0.2) is 57.1 Å². The minimum absolute atomic E-state index is 0.0261. The Bertz CT molecular complexity index is 1150. The summed E-state index contributed by atoms with van der Waals surface area (Å²) in [5.41, 5.74) is 6.73. The number of methoxy groups -OCH3 is 1. The molecule has 0 atom stereocenters. The summed E-state index contributed by atoms with van der Waals surface area (Å²) < 4.78 is 37.8. The van der Waals surface area contributed by atoms with Crippen LogP contribution in [0.25, 0.3) is 0 Å². The summed E-state index contributed by atoms with van der Waals surface area (Å²) in [6.07, 6.45) is 2.96. The Balaban J connectivity index is 1.55. The number of carbonyl (C=O) groups is 2. The van der Waals surface area contributed by atoms with Crippen molar-refractivity contribution in [3.63, 3.8) is 0 Å². The van der Waals surface area contributed by atoms with Crippen LogP contribution in [0.1, 0.15) is 48.5 Å². The van der Waals surface area contributed by atoms with Gasteiger partial charge in [0.1, 0.15) is 11.6 Å². The number of benzene rings is 1. The lowest BCUT2D eigenvalue weighted by molar-refractivity contribution is -0.117. The largest absolute Gasteiger partial charge is 0.465 e. The second-order valence-corrected chi connectivity index (χ2v) is 9.51. The monoisotopic (exact) mass is 491 g/mol. The van der Waals surface area contributed by atoms with Gasteiger partial charge in [0.25, 0.3) is 0 Å². The van der Waals surface area contributed by atoms with Gasteiger partial charge in [-0.05, 0) is 37.5 Å². The maximum absolute atomic E-state index is 12.5. The number of nitrogen functional groups attached to an aromatic ring is 1. The molecule has 3 N–H and O–H groups in total. The van der Waals surface area contributed by atoms with E-state index in [0.29, 0.717) is 37.4 Å². The van der Waals surface area contributed by atoms with Crippen molar-refractivity contribution in [2.45, 2.75) is 43.9 Å². The van der Waals surface area contributed by atoms with Crippen molar-refractivity contribution in [3.05, 3.63) is 35.4 Å². The average Bonchev–Trinajstić information content (AvgIpc) is 3.14. The van der Waals surface area contributed by atoms with Crippen LogP contribution >= 0.6 is 0 Å². The van der Waals surface area contributed by atoms with Crippen LogP contribution < -0.4 is 20.1 Å². The molecule has 2 heterocycles. The highest BCUT2D eigenvalue weighted by molar-refractivity contribution is 7.89. The third-order valence-electron chi connectivity index (χ3n) is 5.28. The van der Waals surface area contributed by atoms with Crippen molar-refractivity contribution in [1.82, 2.24) is 14.7 Å². The molecule has 0 aliphatic carbocycles. The van der Waals surface area contributed by atoms with Crippen molar-refractivity contribution in [2.75, 3.05) is 37.4 Å². The molecule has 0 saturated heterocycles. The first kappa shape index (κ1) is 25.4. The molecular weight excluding hydrogens is 462 g/mol. The number of aromatic nitrogens is 2. The molecule has 1 amide bonds. The summed E-state index contributed by atoms with van der Waals surface area (Å²) >= 11 is 0. The van der Waals surface area contributed by atoms with Crippen LogP contribution in [0.3, 0.4) is 0 Å². The first-order chi connectivity index (χ1) is 16.3. The number of unbranched alkanes of at least 4 members (excludes halogenated alkanes) is 2. The van der Waals surface area contributed by atoms with Gasteiger partial charge in [-0.1, -0.05) is 19.4 Å². The summed E-state index contributed by atoms with van der Waals surface area (Å²) in [6, 6.07) is 5.76. The van der Waals surface area contributed by atoms with Gasteiger partial charge in [0.05, 0.1) is 30.6 Å². The molecule has 12 heteroatoms. The average molecular weight is 492 g/mol. The van der Waals surface area contributed by atoms with Gasteiger partial charge in [0.2, 0.25) is 15.9 Å². The Hall–Kier alpha value is -3.25. The Morgan fingerprint density at radius 3 is 2.76 bits per heavy atom. The van der Waals surface area contributed by atoms with Gasteiger partial charge in [-0.3, -0.25) is 9.69 Å². The third kappa shape index (κ3) is 6.00. The van der Waals surface area contributed by atoms with Gasteiger partial charge in [-0.15, -0.1) is 0 Å². The third-order valence-corrected chi connectivity index (χ3v) is 6.74. The molecule has 34 heavy (non-hydrogen) atoms. The molecule has 0 fully saturated rings. The molecule has 3 rings (SSSR count). The second kappa shape index (κ2) is 11.3. The van der Waals surface area contributed by atoms with Crippen molar-refractivity contribution in [3.8, 4) is 6.01 Å². The maximum atomic E-state index is 12.5. The lowest BCUT2D eigenvalue weighted by Crippen LogP contribution is -2.30. The maximum Gasteiger partial charge on any atom is 0.337 e. The molecule has 11 nitrogen and oxygen atoms in total. The highest BCUT2D eigenvalue weighted by atomic mass is 32.2. The fourth-order valence-corrected chi connectivity index (χ4v) is 4.54. The molecule has 184 valence electrons. The molecule has 1 aromatic heterocycles. The Morgan fingerprint density at radius 1 is 1.24 bits per heavy atom. The summed E-state index contributed by atoms with van der Waals surface area (Å²) in [6.45, 7) is 3.03. The van der Waals surface area contributed by atoms with Gasteiger partial charge in [0.15, 0.2) is 0 Å². The fraction of sp³-hybridized carbons (Fsp3) is 0.455. The van der Waals surface area contributed by atoms with Crippen molar-refractivity contribution >= 4 is 33.5 Å². The Kier molecular flexibility index (Phi) is 8.40. The van der Waals surface area contributed by atoms with Crippen LogP contribution in [0, 0.1) is 0 Å². The molecule has 0 spiro atoms. The smallest absolute Gasteiger partial charge is 0.337 e. The number of sulfonamides is 1. The molecule has 2 aromatic rings. The molecule has 0 unspecified atom stereocenters. The fourth-order valence-electron chi connectivity index (χ4n) is 3.42. The number of nitrogens with two attached hydrogens (primary N) is 1. The highest BCUT2D eigenvalue weighted by Gasteiger charge is 2.31. The summed E-state index contributed by atoms with van der Waals surface area (Å²) in [4.78, 5) is 34.1. The number of hydrogen-bond donors (Lipinski definition) is 2. The minimum Gasteiger partial charge on any atom is -0.465 e. The number of anilines is 2. The van der Waals surface area contributed by atoms with Gasteiger partial charge in [-0.25, -0.2) is 17.9 Å². The molecule has 0 bridgehead atoms. The number of hydrogen-bond acceptors (Lipinski definition) is 9. The zero-order valence-electron chi connectivity index (χ0n) is 19.2. The van der Waals surface area contributed by atoms with E-state index >= 15 is 0 Å². The van der Waals surface area contributed by atoms with E-state index in [0.717, 1.165) is 12.8 Å². The molecule has 0 radical (unpaired) electrons. The van der Waals surface area contributed by atoms with E-state index in [-0.39, 0.29) is 41.2 Å². The number of amides is 1. The van der Waals surface area contributed by atoms with E-state index in [9.17, 15) is 18.0 Å². The summed E-state index contributed by atoms with van der Waals surface area (Å²) in [5.74, 6) is -0.0728. The number of esters is 1. The standard InChI is InChI=1S/C22H29N5O6S/c1-3-4-12-33-22-25-19(23)17-14-18(28)27(20(17)26-22)11-6-5-10-24-34(30,31)16-9-7-8-15(13-16)21(29)32-2/h7-9,13,24H,3-6,10-12,14H2,1-2H3,(H2,23,25,26). The number of ether oxygens (including phenoxy) is 2. The Labute approximate surface area is 198 Å². The lowest BCUT2D eigenvalue weighted by Gasteiger charge is -2.17. The highest BCUT2D eigenvalue weighted by Crippen LogP contribution is 2.32. The van der Waals surface area contributed by atoms with Crippen molar-refractivity contribution < 1.29 is 27.5 Å².